The second-order valence-corrected chi connectivity index (χ2v) is 7.54. The van der Waals surface area contributed by atoms with Crippen LogP contribution in [0.3, 0.4) is 0 Å². The van der Waals surface area contributed by atoms with Crippen LogP contribution in [0.25, 0.3) is 0 Å². The zero-order valence-corrected chi connectivity index (χ0v) is 16.0. The summed E-state index contributed by atoms with van der Waals surface area (Å²) in [7, 11) is 0. The molecular weight excluding hydrogens is 385 g/mol. The summed E-state index contributed by atoms with van der Waals surface area (Å²) >= 11 is 1.19. The molecule has 3 aromatic rings. The molecule has 1 N–H and O–H groups in total. The number of benzene rings is 2. The third-order valence-corrected chi connectivity index (χ3v) is 5.32. The number of nitrogens with zero attached hydrogens (tertiary/aromatic N) is 1. The molecule has 0 saturated carbocycles. The Morgan fingerprint density at radius 2 is 1.93 bits per heavy atom. The second kappa shape index (κ2) is 8.56. The molecule has 0 aliphatic heterocycles. The maximum absolute atomic E-state index is 12.8. The second-order valence-electron chi connectivity index (χ2n) is 6.43. The maximum atomic E-state index is 12.8. The molecule has 3 rings (SSSR count). The average Bonchev–Trinajstić information content (AvgIpc) is 3.11. The van der Waals surface area contributed by atoms with Gasteiger partial charge in [-0.15, -0.1) is 11.3 Å². The lowest BCUT2D eigenvalue weighted by Gasteiger charge is -2.07. The molecule has 0 radical (unpaired) electrons. The van der Waals surface area contributed by atoms with Gasteiger partial charge in [-0.2, -0.15) is 13.2 Å². The van der Waals surface area contributed by atoms with Crippen molar-refractivity contribution in [3.05, 3.63) is 86.9 Å². The van der Waals surface area contributed by atoms with Gasteiger partial charge in [-0.05, 0) is 36.1 Å². The molecule has 3 nitrogen and oxygen atoms in total. The van der Waals surface area contributed by atoms with Gasteiger partial charge in [-0.25, -0.2) is 4.98 Å². The van der Waals surface area contributed by atoms with Gasteiger partial charge < -0.3 is 5.32 Å². The number of hydrogen-bond donors (Lipinski definition) is 1. The van der Waals surface area contributed by atoms with Crippen molar-refractivity contribution in [1.29, 1.82) is 0 Å². The van der Waals surface area contributed by atoms with Crippen molar-refractivity contribution in [3.8, 4) is 0 Å². The first-order valence-electron chi connectivity index (χ1n) is 8.76. The van der Waals surface area contributed by atoms with E-state index in [1.165, 1.54) is 34.7 Å². The number of nitrogens with one attached hydrogen (secondary N) is 1. The van der Waals surface area contributed by atoms with E-state index in [9.17, 15) is 18.0 Å². The summed E-state index contributed by atoms with van der Waals surface area (Å²) in [6.07, 6.45) is -1.92. The number of carbonyl (C=O) groups excluding carboxylic acids is 1. The molecule has 0 aliphatic rings. The van der Waals surface area contributed by atoms with Gasteiger partial charge in [0.15, 0.2) is 0 Å². The van der Waals surface area contributed by atoms with Crippen LogP contribution < -0.4 is 5.32 Å². The van der Waals surface area contributed by atoms with Gasteiger partial charge in [0.2, 0.25) is 0 Å². The van der Waals surface area contributed by atoms with E-state index in [1.807, 2.05) is 31.2 Å². The third kappa shape index (κ3) is 5.19. The highest BCUT2D eigenvalue weighted by Crippen LogP contribution is 2.30. The van der Waals surface area contributed by atoms with Crippen molar-refractivity contribution in [2.75, 3.05) is 6.54 Å². The highest BCUT2D eigenvalue weighted by atomic mass is 32.1. The van der Waals surface area contributed by atoms with Crippen molar-refractivity contribution in [2.24, 2.45) is 0 Å². The van der Waals surface area contributed by atoms with Gasteiger partial charge in [0.1, 0.15) is 4.88 Å². The molecule has 0 atom stereocenters. The number of halogens is 3. The lowest BCUT2D eigenvalue weighted by Crippen LogP contribution is -2.25. The van der Waals surface area contributed by atoms with Crippen molar-refractivity contribution in [1.82, 2.24) is 10.3 Å². The number of aryl methyl sites for hydroxylation is 1. The Kier molecular flexibility index (Phi) is 6.14. The number of aromatic nitrogens is 1. The molecule has 0 fully saturated rings. The summed E-state index contributed by atoms with van der Waals surface area (Å²) in [5.41, 5.74) is 2.18. The van der Waals surface area contributed by atoms with E-state index in [4.69, 9.17) is 0 Å². The van der Waals surface area contributed by atoms with Crippen LogP contribution in [-0.4, -0.2) is 17.4 Å². The normalized spacial score (nSPS) is 11.4. The van der Waals surface area contributed by atoms with Crippen LogP contribution in [-0.2, 0) is 19.0 Å². The van der Waals surface area contributed by atoms with Crippen LogP contribution >= 0.6 is 11.3 Å². The summed E-state index contributed by atoms with van der Waals surface area (Å²) < 4.78 is 38.4. The van der Waals surface area contributed by atoms with E-state index in [0.717, 1.165) is 18.6 Å². The summed E-state index contributed by atoms with van der Waals surface area (Å²) in [5.74, 6) is -0.221. The van der Waals surface area contributed by atoms with Gasteiger partial charge in [0.25, 0.3) is 5.91 Å². The molecular formula is C21H19F3N2OS. The Hall–Kier alpha value is -2.67. The minimum Gasteiger partial charge on any atom is -0.351 e. The molecule has 0 unspecified atom stereocenters. The number of alkyl halides is 3. The Morgan fingerprint density at radius 1 is 1.14 bits per heavy atom. The van der Waals surface area contributed by atoms with Crippen LogP contribution in [0.5, 0.6) is 0 Å². The van der Waals surface area contributed by atoms with Gasteiger partial charge in [-0.3, -0.25) is 4.79 Å². The first-order chi connectivity index (χ1) is 13.3. The number of amides is 1. The van der Waals surface area contributed by atoms with Gasteiger partial charge >= 0.3 is 6.18 Å². The van der Waals surface area contributed by atoms with Gasteiger partial charge in [-0.1, -0.05) is 42.5 Å². The molecule has 0 aliphatic carbocycles. The van der Waals surface area contributed by atoms with Crippen LogP contribution in [0.1, 0.15) is 36.9 Å². The SMILES string of the molecule is Cc1ccccc1CCNC(=O)c1cnc(Cc2cccc(C(F)(F)F)c2)s1. The molecule has 0 bridgehead atoms. The molecule has 7 heteroatoms. The van der Waals surface area contributed by atoms with Crippen LogP contribution in [0, 0.1) is 6.92 Å². The average molecular weight is 404 g/mol. The Bertz CT molecular complexity index is 966. The minimum atomic E-state index is -4.37. The Morgan fingerprint density at radius 3 is 2.68 bits per heavy atom. The van der Waals surface area contributed by atoms with Crippen molar-refractivity contribution in [2.45, 2.75) is 25.9 Å². The smallest absolute Gasteiger partial charge is 0.351 e. The number of thiazole rings is 1. The predicted octanol–water partition coefficient (Wildman–Crippen LogP) is 5.03. The Balaban J connectivity index is 1.58. The molecule has 28 heavy (non-hydrogen) atoms. The molecule has 1 aromatic heterocycles. The molecule has 0 saturated heterocycles. The van der Waals surface area contributed by atoms with Crippen LogP contribution in [0.15, 0.2) is 54.7 Å². The predicted molar refractivity (Wildman–Crippen MR) is 104 cm³/mol. The van der Waals surface area contributed by atoms with E-state index < -0.39 is 11.7 Å². The third-order valence-electron chi connectivity index (χ3n) is 4.33. The largest absolute Gasteiger partial charge is 0.416 e. The van der Waals surface area contributed by atoms with E-state index >= 15 is 0 Å². The summed E-state index contributed by atoms with van der Waals surface area (Å²) in [5, 5.41) is 3.46. The van der Waals surface area contributed by atoms with Crippen LogP contribution in [0.4, 0.5) is 13.2 Å². The zero-order chi connectivity index (χ0) is 20.1. The van der Waals surface area contributed by atoms with E-state index in [0.29, 0.717) is 22.0 Å². The fourth-order valence-electron chi connectivity index (χ4n) is 2.82. The van der Waals surface area contributed by atoms with Crippen molar-refractivity contribution < 1.29 is 18.0 Å². The summed E-state index contributed by atoms with van der Waals surface area (Å²) in [6.45, 7) is 2.53. The molecule has 0 spiro atoms. The highest BCUT2D eigenvalue weighted by molar-refractivity contribution is 7.13. The molecule has 1 heterocycles. The fourth-order valence-corrected chi connectivity index (χ4v) is 3.69. The van der Waals surface area contributed by atoms with Crippen molar-refractivity contribution in [3.63, 3.8) is 0 Å². The number of rotatable bonds is 6. The van der Waals surface area contributed by atoms with Gasteiger partial charge in [0.05, 0.1) is 16.8 Å². The summed E-state index contributed by atoms with van der Waals surface area (Å²) in [6, 6.07) is 13.2. The highest BCUT2D eigenvalue weighted by Gasteiger charge is 2.30. The first-order valence-corrected chi connectivity index (χ1v) is 9.58. The van der Waals surface area contributed by atoms with E-state index in [2.05, 4.69) is 10.3 Å². The first kappa shape index (κ1) is 20.1. The minimum absolute atomic E-state index is 0.221. The zero-order valence-electron chi connectivity index (χ0n) is 15.2. The van der Waals surface area contributed by atoms with E-state index in [-0.39, 0.29) is 12.3 Å². The maximum Gasteiger partial charge on any atom is 0.416 e. The van der Waals surface area contributed by atoms with Crippen molar-refractivity contribution >= 4 is 17.2 Å². The Labute approximate surface area is 165 Å². The van der Waals surface area contributed by atoms with Crippen LogP contribution in [0.2, 0.25) is 0 Å². The molecule has 2 aromatic carbocycles. The molecule has 146 valence electrons. The number of hydrogen-bond acceptors (Lipinski definition) is 3. The number of carbonyl (C=O) groups is 1. The molecule has 1 amide bonds. The lowest BCUT2D eigenvalue weighted by molar-refractivity contribution is -0.137. The fraction of sp³-hybridized carbons (Fsp3) is 0.238. The quantitative estimate of drug-likeness (QED) is 0.626. The standard InChI is InChI=1S/C21H19F3N2OS/c1-14-5-2-3-7-16(14)9-10-25-20(27)18-13-26-19(28-18)12-15-6-4-8-17(11-15)21(22,23)24/h2-8,11,13H,9-10,12H2,1H3,(H,25,27). The topological polar surface area (TPSA) is 42.0 Å². The summed E-state index contributed by atoms with van der Waals surface area (Å²) in [4.78, 5) is 16.9. The van der Waals surface area contributed by atoms with E-state index in [1.54, 1.807) is 6.07 Å². The monoisotopic (exact) mass is 404 g/mol. The lowest BCUT2D eigenvalue weighted by atomic mass is 10.1. The van der Waals surface area contributed by atoms with Gasteiger partial charge in [0, 0.05) is 13.0 Å².